The third kappa shape index (κ3) is 10.7. The summed E-state index contributed by atoms with van der Waals surface area (Å²) in [4.78, 5) is 9.47. The van der Waals surface area contributed by atoms with Gasteiger partial charge in [-0.1, -0.05) is 0 Å². The van der Waals surface area contributed by atoms with Crippen LogP contribution >= 0.6 is 25.6 Å². The van der Waals surface area contributed by atoms with Crippen LogP contribution in [0.25, 0.3) is 0 Å². The van der Waals surface area contributed by atoms with Crippen LogP contribution in [-0.4, -0.2) is 68.0 Å². The number of nitrogens with zero attached hydrogens (tertiary/aromatic N) is 1. The normalized spacial score (nSPS) is 5.75. The molecule has 0 radical (unpaired) electrons. The van der Waals surface area contributed by atoms with Gasteiger partial charge in [-0.05, 0) is 25.6 Å². The van der Waals surface area contributed by atoms with Crippen molar-refractivity contribution in [1.82, 2.24) is 3.71 Å². The van der Waals surface area contributed by atoms with Crippen LogP contribution in [0.1, 0.15) is 0 Å². The second-order valence-corrected chi connectivity index (χ2v) is 1.69. The third-order valence-corrected chi connectivity index (χ3v) is 0.513. The number of rotatable bonds is 0. The molecular formula is CH7NO2Po2S2. The van der Waals surface area contributed by atoms with E-state index in [1.807, 2.05) is 0 Å². The zero-order valence-corrected chi connectivity index (χ0v) is 13.3. The predicted molar refractivity (Wildman–Crippen MR) is 44.9 cm³/mol. The van der Waals surface area contributed by atoms with Crippen molar-refractivity contribution in [2.75, 3.05) is 0 Å². The Hall–Kier alpha value is 1.76. The van der Waals surface area contributed by atoms with E-state index < -0.39 is 6.09 Å². The van der Waals surface area contributed by atoms with Crippen molar-refractivity contribution >= 4 is 84.9 Å². The van der Waals surface area contributed by atoms with Crippen LogP contribution in [0.4, 0.5) is 4.79 Å². The molecule has 0 aliphatic heterocycles. The van der Waals surface area contributed by atoms with Crippen molar-refractivity contribution in [3.05, 3.63) is 0 Å². The van der Waals surface area contributed by atoms with Gasteiger partial charge < -0.3 is 5.11 Å². The quantitative estimate of drug-likeness (QED) is 0.335. The van der Waals surface area contributed by atoms with Crippen LogP contribution in [-0.2, 0) is 0 Å². The summed E-state index contributed by atoms with van der Waals surface area (Å²) in [7, 11) is 0. The second-order valence-electron chi connectivity index (χ2n) is 0.572. The molecule has 0 aromatic carbocycles. The fourth-order valence-electron chi connectivity index (χ4n) is 0. The van der Waals surface area contributed by atoms with Crippen LogP contribution in [0, 0.1) is 0 Å². The van der Waals surface area contributed by atoms with E-state index in [2.05, 4.69) is 25.6 Å². The zero-order chi connectivity index (χ0) is 5.15. The summed E-state index contributed by atoms with van der Waals surface area (Å²) in [6.45, 7) is 0. The molecule has 0 aromatic rings. The summed E-state index contributed by atoms with van der Waals surface area (Å²) >= 11 is 6.58. The van der Waals surface area contributed by atoms with E-state index in [-0.39, 0.29) is 53.1 Å². The van der Waals surface area contributed by atoms with Gasteiger partial charge in [0.15, 0.2) is 0 Å². The molecule has 0 rings (SSSR count). The van der Waals surface area contributed by atoms with Gasteiger partial charge in [-0.15, -0.1) is 0 Å². The molecule has 0 saturated heterocycles. The monoisotopic (exact) mass is 547 g/mol. The number of amides is 1. The first-order valence-electron chi connectivity index (χ1n) is 1.05. The van der Waals surface area contributed by atoms with Gasteiger partial charge in [0.1, 0.15) is 0 Å². The van der Waals surface area contributed by atoms with Gasteiger partial charge in [0.25, 0.3) is 0 Å². The van der Waals surface area contributed by atoms with Crippen LogP contribution in [0.5, 0.6) is 0 Å². The standard InChI is InChI=1S/CH3NO2S2.2Po.4H/c3-1(4)2(5)6;;;;;;/h5-6H,(H,3,4);;;;;;. The first kappa shape index (κ1) is 16.4. The van der Waals surface area contributed by atoms with Crippen molar-refractivity contribution < 1.29 is 9.90 Å². The Bertz CT molecular complexity index is 69.1. The van der Waals surface area contributed by atoms with Gasteiger partial charge in [-0.25, -0.2) is 4.79 Å². The Morgan fingerprint density at radius 3 is 1.50 bits per heavy atom. The van der Waals surface area contributed by atoms with E-state index in [4.69, 9.17) is 5.11 Å². The predicted octanol–water partition coefficient (Wildman–Crippen LogP) is -1.18. The summed E-state index contributed by atoms with van der Waals surface area (Å²) in [6.07, 6.45) is -1.18. The Morgan fingerprint density at radius 2 is 1.50 bits per heavy atom. The van der Waals surface area contributed by atoms with Crippen molar-refractivity contribution in [1.29, 1.82) is 0 Å². The molecule has 3 nitrogen and oxygen atoms in total. The Morgan fingerprint density at radius 1 is 1.38 bits per heavy atom. The van der Waals surface area contributed by atoms with Gasteiger partial charge in [0.05, 0.1) is 0 Å². The first-order chi connectivity index (χ1) is 2.64. The molecule has 0 aromatic heterocycles. The Balaban J connectivity index is -0.000000125. The van der Waals surface area contributed by atoms with Gasteiger partial charge in [-0.3, -0.25) is 0 Å². The van der Waals surface area contributed by atoms with Crippen molar-refractivity contribution in [2.45, 2.75) is 0 Å². The molecule has 0 fully saturated rings. The Labute approximate surface area is 97.2 Å². The average Bonchev–Trinajstić information content (AvgIpc) is 1.36. The van der Waals surface area contributed by atoms with E-state index in [1.165, 1.54) is 0 Å². The minimum atomic E-state index is -1.18. The number of carboxylic acid groups (broad SMARTS) is 1. The molecule has 0 heterocycles. The minimum absolute atomic E-state index is 0. The van der Waals surface area contributed by atoms with Crippen molar-refractivity contribution in [3.8, 4) is 0 Å². The summed E-state index contributed by atoms with van der Waals surface area (Å²) < 4.78 is 0.472. The fourth-order valence-corrected chi connectivity index (χ4v) is 0. The zero-order valence-electron chi connectivity index (χ0n) is 3.70. The second kappa shape index (κ2) is 8.76. The Kier molecular flexibility index (Phi) is 18.0. The van der Waals surface area contributed by atoms with E-state index >= 15 is 0 Å². The number of carbonyl (C=O) groups is 1. The number of hydrogen-bond donors (Lipinski definition) is 3. The maximum atomic E-state index is 9.47. The van der Waals surface area contributed by atoms with Crippen molar-refractivity contribution in [3.63, 3.8) is 0 Å². The van der Waals surface area contributed by atoms with Crippen molar-refractivity contribution in [2.24, 2.45) is 0 Å². The van der Waals surface area contributed by atoms with E-state index in [0.717, 1.165) is 0 Å². The molecule has 1 N–H and O–H groups in total. The molecule has 1 amide bonds. The fraction of sp³-hybridized carbons (Fsp3) is 0. The number of hydrogen-bond acceptors (Lipinski definition) is 3. The summed E-state index contributed by atoms with van der Waals surface area (Å²) in [5, 5.41) is 7.76. The van der Waals surface area contributed by atoms with Gasteiger partial charge >= 0.3 is 59.2 Å². The molecule has 0 saturated carbocycles. The number of thiol groups is 2. The van der Waals surface area contributed by atoms with Crippen LogP contribution in [0.2, 0.25) is 0 Å². The molecule has 0 aliphatic carbocycles. The average molecular weight is 547 g/mol. The molecule has 0 unspecified atom stereocenters. The molecule has 0 bridgehead atoms. The van der Waals surface area contributed by atoms with Crippen LogP contribution in [0.15, 0.2) is 0 Å². The molecule has 0 atom stereocenters. The molecule has 8 heavy (non-hydrogen) atoms. The molecule has 7 heteroatoms. The third-order valence-electron chi connectivity index (χ3n) is 0.171. The SMILES string of the molecule is O=C(O)N(S)S.[PoH2].[PoH2]. The summed E-state index contributed by atoms with van der Waals surface area (Å²) in [6, 6.07) is 0. The van der Waals surface area contributed by atoms with E-state index in [9.17, 15) is 4.79 Å². The van der Waals surface area contributed by atoms with Gasteiger partial charge in [-0.2, -0.15) is 3.71 Å². The summed E-state index contributed by atoms with van der Waals surface area (Å²) in [5.41, 5.74) is 0. The van der Waals surface area contributed by atoms with Gasteiger partial charge in [0.2, 0.25) is 0 Å². The maximum absolute atomic E-state index is 9.47. The van der Waals surface area contributed by atoms with Crippen LogP contribution < -0.4 is 0 Å². The first-order valence-corrected chi connectivity index (χ1v) is 1.85. The molecule has 0 aliphatic rings. The van der Waals surface area contributed by atoms with Gasteiger partial charge in [0, 0.05) is 0 Å². The summed E-state index contributed by atoms with van der Waals surface area (Å²) in [5.74, 6) is 0. The molecule has 0 spiro atoms. The van der Waals surface area contributed by atoms with Crippen LogP contribution in [0.3, 0.4) is 0 Å². The van der Waals surface area contributed by atoms with E-state index in [1.54, 1.807) is 0 Å². The topological polar surface area (TPSA) is 40.5 Å². The molecular weight excluding hydrogens is 540 g/mol. The molecule has 52 valence electrons. The van der Waals surface area contributed by atoms with E-state index in [0.29, 0.717) is 3.71 Å².